The van der Waals surface area contributed by atoms with E-state index in [9.17, 15) is 14.5 Å². The van der Waals surface area contributed by atoms with Crippen LogP contribution in [0.3, 0.4) is 0 Å². The molecular formula is C66H105FN2O2. The molecule has 0 radical (unpaired) electrons. The molecule has 398 valence electrons. The summed E-state index contributed by atoms with van der Waals surface area (Å²) in [6.07, 6.45) is 64.7. The Hall–Kier alpha value is -3.73. The van der Waals surface area contributed by atoms with E-state index in [0.29, 0.717) is 5.56 Å². The van der Waals surface area contributed by atoms with Crippen molar-refractivity contribution in [3.63, 3.8) is 0 Å². The number of hydrogen-bond donors (Lipinski definition) is 0. The van der Waals surface area contributed by atoms with Crippen LogP contribution >= 0.6 is 0 Å². The van der Waals surface area contributed by atoms with Gasteiger partial charge in [0.1, 0.15) is 0 Å². The van der Waals surface area contributed by atoms with E-state index in [1.165, 1.54) is 280 Å². The number of nitro groups is 1. The smallest absolute Gasteiger partial charge is 0.304 e. The van der Waals surface area contributed by atoms with Crippen LogP contribution < -0.4 is 4.90 Å². The molecule has 0 unspecified atom stereocenters. The van der Waals surface area contributed by atoms with Crippen molar-refractivity contribution in [1.29, 1.82) is 0 Å². The van der Waals surface area contributed by atoms with Crippen molar-refractivity contribution in [2.45, 2.75) is 271 Å². The quantitative estimate of drug-likeness (QED) is 0.0245. The molecule has 0 spiro atoms. The first-order valence-corrected chi connectivity index (χ1v) is 30.3. The van der Waals surface area contributed by atoms with Crippen LogP contribution in [0.4, 0.5) is 15.8 Å². The predicted molar refractivity (Wildman–Crippen MR) is 312 cm³/mol. The molecule has 0 bridgehead atoms. The predicted octanol–water partition coefficient (Wildman–Crippen LogP) is 22.5. The van der Waals surface area contributed by atoms with Crippen molar-refractivity contribution in [2.75, 3.05) is 18.0 Å². The largest absolute Gasteiger partial charge is 0.372 e. The first-order chi connectivity index (χ1) is 35.0. The van der Waals surface area contributed by atoms with Crippen LogP contribution in [-0.2, 0) is 0 Å². The number of nitro benzene ring substituents is 1. The van der Waals surface area contributed by atoms with Crippen LogP contribution in [-0.4, -0.2) is 18.0 Å². The highest BCUT2D eigenvalue weighted by Gasteiger charge is 2.13. The molecule has 0 saturated carbocycles. The van der Waals surface area contributed by atoms with Gasteiger partial charge in [0.15, 0.2) is 0 Å². The molecule has 0 atom stereocenters. The van der Waals surface area contributed by atoms with Crippen LogP contribution in [0.5, 0.6) is 0 Å². The number of halogens is 1. The van der Waals surface area contributed by atoms with E-state index >= 15 is 0 Å². The van der Waals surface area contributed by atoms with Crippen molar-refractivity contribution in [3.05, 3.63) is 105 Å². The summed E-state index contributed by atoms with van der Waals surface area (Å²) in [5.41, 5.74) is 4.70. The molecule has 0 aliphatic heterocycles. The maximum atomic E-state index is 14.1. The summed E-state index contributed by atoms with van der Waals surface area (Å²) in [5.74, 6) is -0.824. The van der Waals surface area contributed by atoms with E-state index in [1.54, 1.807) is 12.1 Å². The number of benzene rings is 3. The molecule has 3 rings (SSSR count). The van der Waals surface area contributed by atoms with Gasteiger partial charge in [0.25, 0.3) is 0 Å². The Morgan fingerprint density at radius 2 is 0.606 bits per heavy atom. The Morgan fingerprint density at radius 1 is 0.366 bits per heavy atom. The average molecular weight is 978 g/mol. The summed E-state index contributed by atoms with van der Waals surface area (Å²) >= 11 is 0. The molecule has 0 aromatic heterocycles. The SMILES string of the molecule is CCCCCCCCCCCCCCCCCCCCCCN(CCCCCCCCCCCCCCCCCCCCCC)c1ccc(/C=C/c2ccc(/C=C/c3ccc([N+](=O)[O-])c(F)c3)cc2)cc1. The van der Waals surface area contributed by atoms with Crippen molar-refractivity contribution >= 4 is 35.7 Å². The monoisotopic (exact) mass is 977 g/mol. The van der Waals surface area contributed by atoms with E-state index < -0.39 is 16.4 Å². The zero-order chi connectivity index (χ0) is 50.5. The fourth-order valence-electron chi connectivity index (χ4n) is 10.2. The molecule has 4 nitrogen and oxygen atoms in total. The van der Waals surface area contributed by atoms with Gasteiger partial charge >= 0.3 is 5.69 Å². The highest BCUT2D eigenvalue weighted by atomic mass is 19.1. The topological polar surface area (TPSA) is 46.4 Å². The van der Waals surface area contributed by atoms with Gasteiger partial charge in [0, 0.05) is 24.8 Å². The van der Waals surface area contributed by atoms with Gasteiger partial charge in [-0.25, -0.2) is 0 Å². The van der Waals surface area contributed by atoms with Crippen molar-refractivity contribution < 1.29 is 9.31 Å². The molecule has 3 aromatic carbocycles. The van der Waals surface area contributed by atoms with Gasteiger partial charge in [-0.2, -0.15) is 4.39 Å². The Balaban J connectivity index is 1.33. The molecule has 3 aromatic rings. The number of hydrogen-bond acceptors (Lipinski definition) is 3. The van der Waals surface area contributed by atoms with Gasteiger partial charge in [-0.05, 0) is 59.4 Å². The van der Waals surface area contributed by atoms with Crippen molar-refractivity contribution in [2.24, 2.45) is 0 Å². The second-order valence-electron chi connectivity index (χ2n) is 21.3. The lowest BCUT2D eigenvalue weighted by Crippen LogP contribution is -2.25. The van der Waals surface area contributed by atoms with Crippen LogP contribution in [0.15, 0.2) is 66.7 Å². The molecule has 0 N–H and O–H groups in total. The summed E-state index contributed by atoms with van der Waals surface area (Å²) < 4.78 is 14.1. The highest BCUT2D eigenvalue weighted by molar-refractivity contribution is 5.73. The number of unbranched alkanes of at least 4 members (excludes halogenated alkanes) is 38. The van der Waals surface area contributed by atoms with Gasteiger partial charge in [-0.15, -0.1) is 0 Å². The first kappa shape index (κ1) is 61.6. The molecule has 0 fully saturated rings. The normalized spacial score (nSPS) is 11.7. The molecule has 0 saturated heterocycles. The molecule has 0 aliphatic rings. The number of nitrogens with zero attached hydrogens (tertiary/aromatic N) is 2. The summed E-state index contributed by atoms with van der Waals surface area (Å²) in [4.78, 5) is 12.9. The average Bonchev–Trinajstić information content (AvgIpc) is 3.38. The first-order valence-electron chi connectivity index (χ1n) is 30.3. The van der Waals surface area contributed by atoms with E-state index in [4.69, 9.17) is 0 Å². The fraction of sp³-hybridized carbons (Fsp3) is 0.667. The molecule has 71 heavy (non-hydrogen) atoms. The lowest BCUT2D eigenvalue weighted by molar-refractivity contribution is -0.387. The van der Waals surface area contributed by atoms with E-state index in [1.807, 2.05) is 18.2 Å². The summed E-state index contributed by atoms with van der Waals surface area (Å²) in [6.45, 7) is 6.90. The van der Waals surface area contributed by atoms with Gasteiger partial charge in [-0.1, -0.05) is 319 Å². The summed E-state index contributed by atoms with van der Waals surface area (Å²) in [5, 5.41) is 10.9. The minimum absolute atomic E-state index is 0.507. The summed E-state index contributed by atoms with van der Waals surface area (Å²) in [6, 6.07) is 21.3. The van der Waals surface area contributed by atoms with Gasteiger partial charge in [0.05, 0.1) is 4.92 Å². The van der Waals surface area contributed by atoms with Gasteiger partial charge < -0.3 is 4.90 Å². The fourth-order valence-corrected chi connectivity index (χ4v) is 10.2. The maximum Gasteiger partial charge on any atom is 0.304 e. The minimum atomic E-state index is -0.824. The Bertz CT molecular complexity index is 1710. The van der Waals surface area contributed by atoms with Crippen LogP contribution in [0.25, 0.3) is 24.3 Å². The number of rotatable bonds is 48. The summed E-state index contributed by atoms with van der Waals surface area (Å²) in [7, 11) is 0. The second kappa shape index (κ2) is 43.8. The molecule has 0 aliphatic carbocycles. The molecular weight excluding hydrogens is 872 g/mol. The zero-order valence-electron chi connectivity index (χ0n) is 45.9. The number of anilines is 1. The maximum absolute atomic E-state index is 14.1. The third-order valence-corrected chi connectivity index (χ3v) is 14.9. The minimum Gasteiger partial charge on any atom is -0.372 e. The Labute approximate surface area is 436 Å². The van der Waals surface area contributed by atoms with E-state index in [0.717, 1.165) is 24.2 Å². The Morgan fingerprint density at radius 3 is 0.873 bits per heavy atom. The third kappa shape index (κ3) is 32.9. The standard InChI is InChI=1S/C66H105FN2O2/c1-3-5-7-9-11-13-15-17-19-21-23-25-27-29-31-33-35-37-39-41-57-68(58-42-40-38-36-34-32-30-28-26-24-22-20-18-16-14-12-10-8-6-4-2)64-54-51-62(52-55-64)48-47-60-43-45-61(46-44-60)49-50-63-53-56-66(69(70)71)65(67)59-63/h43-56,59H,3-42,57-58H2,1-2H3/b48-47+,50-49+. The third-order valence-electron chi connectivity index (χ3n) is 14.9. The molecule has 0 amide bonds. The van der Waals surface area contributed by atoms with Crippen LogP contribution in [0, 0.1) is 15.9 Å². The van der Waals surface area contributed by atoms with Gasteiger partial charge in [-0.3, -0.25) is 10.1 Å². The second-order valence-corrected chi connectivity index (χ2v) is 21.3. The molecule has 0 heterocycles. The molecule has 5 heteroatoms. The lowest BCUT2D eigenvalue weighted by Gasteiger charge is -2.25. The van der Waals surface area contributed by atoms with Crippen LogP contribution in [0.2, 0.25) is 0 Å². The van der Waals surface area contributed by atoms with E-state index in [2.05, 4.69) is 67.3 Å². The lowest BCUT2D eigenvalue weighted by atomic mass is 10.0. The van der Waals surface area contributed by atoms with Crippen molar-refractivity contribution in [1.82, 2.24) is 0 Å². The Kier molecular flexibility index (Phi) is 38.0. The van der Waals surface area contributed by atoms with Crippen LogP contribution in [0.1, 0.15) is 293 Å². The van der Waals surface area contributed by atoms with E-state index in [-0.39, 0.29) is 0 Å². The van der Waals surface area contributed by atoms with Gasteiger partial charge in [0.2, 0.25) is 5.82 Å². The highest BCUT2D eigenvalue weighted by Crippen LogP contribution is 2.23. The zero-order valence-corrected chi connectivity index (χ0v) is 45.9. The van der Waals surface area contributed by atoms with Crippen molar-refractivity contribution in [3.8, 4) is 0 Å².